The first-order valence-corrected chi connectivity index (χ1v) is 5.64. The van der Waals surface area contributed by atoms with Gasteiger partial charge in [-0.15, -0.1) is 12.4 Å². The summed E-state index contributed by atoms with van der Waals surface area (Å²) in [5.74, 6) is 0.0329. The van der Waals surface area contributed by atoms with Gasteiger partial charge in [-0.25, -0.2) is 0 Å². The molecule has 0 atom stereocenters. The number of rotatable bonds is 4. The molecule has 90 valence electrons. The molecular weight excluding hydrogens is 291 g/mol. The number of anilines is 1. The van der Waals surface area contributed by atoms with Gasteiger partial charge in [0.05, 0.1) is 0 Å². The van der Waals surface area contributed by atoms with Crippen molar-refractivity contribution >= 4 is 39.9 Å². The largest absolute Gasteiger partial charge is 0.326 e. The third kappa shape index (κ3) is 4.51. The lowest BCUT2D eigenvalue weighted by Crippen LogP contribution is -2.19. The van der Waals surface area contributed by atoms with Crippen LogP contribution in [0.25, 0.3) is 0 Å². The molecule has 0 unspecified atom stereocenters. The van der Waals surface area contributed by atoms with Crippen LogP contribution in [-0.4, -0.2) is 19.5 Å². The maximum Gasteiger partial charge on any atom is 0.225 e. The Morgan fingerprint density at radius 3 is 2.75 bits per heavy atom. The van der Waals surface area contributed by atoms with Gasteiger partial charge in [-0.1, -0.05) is 22.0 Å². The van der Waals surface area contributed by atoms with Crippen molar-refractivity contribution in [2.24, 2.45) is 0 Å². The van der Waals surface area contributed by atoms with Crippen LogP contribution in [0.3, 0.4) is 0 Å². The molecule has 0 aromatic heterocycles. The van der Waals surface area contributed by atoms with Crippen LogP contribution in [-0.2, 0) is 4.79 Å². The van der Waals surface area contributed by atoms with Crippen LogP contribution in [0.15, 0.2) is 22.7 Å². The molecule has 0 aliphatic heterocycles. The molecule has 3 nitrogen and oxygen atoms in total. The van der Waals surface area contributed by atoms with Crippen LogP contribution in [0.5, 0.6) is 0 Å². The van der Waals surface area contributed by atoms with Gasteiger partial charge in [0.25, 0.3) is 0 Å². The van der Waals surface area contributed by atoms with E-state index in [2.05, 4.69) is 26.6 Å². The fourth-order valence-corrected chi connectivity index (χ4v) is 1.56. The summed E-state index contributed by atoms with van der Waals surface area (Å²) in [6.07, 6.45) is 0.489. The van der Waals surface area contributed by atoms with E-state index < -0.39 is 0 Å². The first-order valence-electron chi connectivity index (χ1n) is 4.84. The Hall–Kier alpha value is -0.580. The summed E-state index contributed by atoms with van der Waals surface area (Å²) in [4.78, 5) is 11.5. The smallest absolute Gasteiger partial charge is 0.225 e. The zero-order chi connectivity index (χ0) is 11.3. The number of halogens is 2. The average Bonchev–Trinajstić information content (AvgIpc) is 2.22. The van der Waals surface area contributed by atoms with Crippen molar-refractivity contribution in [2.75, 3.05) is 18.9 Å². The fourth-order valence-electron chi connectivity index (χ4n) is 1.19. The molecule has 0 fully saturated rings. The summed E-state index contributed by atoms with van der Waals surface area (Å²) in [5.41, 5.74) is 1.92. The number of carbonyl (C=O) groups is 1. The molecule has 2 N–H and O–H groups in total. The quantitative estimate of drug-likeness (QED) is 0.898. The van der Waals surface area contributed by atoms with Gasteiger partial charge >= 0.3 is 0 Å². The SMILES string of the molecule is CNCCC(=O)Nc1cccc(Br)c1C.Cl. The predicted octanol–water partition coefficient (Wildman–Crippen LogP) is 2.73. The van der Waals surface area contributed by atoms with Gasteiger partial charge in [-0.05, 0) is 31.7 Å². The zero-order valence-corrected chi connectivity index (χ0v) is 11.7. The molecule has 0 saturated heterocycles. The molecule has 0 heterocycles. The summed E-state index contributed by atoms with van der Waals surface area (Å²) in [7, 11) is 1.83. The molecule has 16 heavy (non-hydrogen) atoms. The summed E-state index contributed by atoms with van der Waals surface area (Å²) < 4.78 is 1.01. The van der Waals surface area contributed by atoms with Gasteiger partial charge < -0.3 is 10.6 Å². The molecule has 0 aliphatic rings. The molecule has 0 radical (unpaired) electrons. The lowest BCUT2D eigenvalue weighted by atomic mass is 10.2. The molecule has 1 rings (SSSR count). The van der Waals surface area contributed by atoms with Crippen molar-refractivity contribution in [3.63, 3.8) is 0 Å². The number of nitrogens with one attached hydrogen (secondary N) is 2. The maximum atomic E-state index is 11.5. The number of hydrogen-bond donors (Lipinski definition) is 2. The van der Waals surface area contributed by atoms with E-state index in [9.17, 15) is 4.79 Å². The monoisotopic (exact) mass is 306 g/mol. The molecule has 0 aliphatic carbocycles. The highest BCUT2D eigenvalue weighted by Crippen LogP contribution is 2.23. The van der Waals surface area contributed by atoms with Gasteiger partial charge in [-0.3, -0.25) is 4.79 Å². The van der Waals surface area contributed by atoms with Crippen molar-refractivity contribution in [1.29, 1.82) is 0 Å². The first-order chi connectivity index (χ1) is 7.15. The highest BCUT2D eigenvalue weighted by molar-refractivity contribution is 9.10. The highest BCUT2D eigenvalue weighted by atomic mass is 79.9. The minimum atomic E-state index is 0. The Morgan fingerprint density at radius 1 is 1.44 bits per heavy atom. The third-order valence-electron chi connectivity index (χ3n) is 2.14. The van der Waals surface area contributed by atoms with Gasteiger partial charge in [0.2, 0.25) is 5.91 Å². The number of hydrogen-bond acceptors (Lipinski definition) is 2. The van der Waals surface area contributed by atoms with Crippen molar-refractivity contribution in [3.05, 3.63) is 28.2 Å². The van der Waals surface area contributed by atoms with Crippen molar-refractivity contribution in [1.82, 2.24) is 5.32 Å². The van der Waals surface area contributed by atoms with Crippen molar-refractivity contribution in [2.45, 2.75) is 13.3 Å². The van der Waals surface area contributed by atoms with Crippen LogP contribution in [0.1, 0.15) is 12.0 Å². The zero-order valence-electron chi connectivity index (χ0n) is 9.34. The Bertz CT molecular complexity index is 358. The van der Waals surface area contributed by atoms with Crippen LogP contribution in [0.4, 0.5) is 5.69 Å². The van der Waals surface area contributed by atoms with E-state index in [0.717, 1.165) is 15.7 Å². The third-order valence-corrected chi connectivity index (χ3v) is 3.00. The predicted molar refractivity (Wildman–Crippen MR) is 73.3 cm³/mol. The number of benzene rings is 1. The molecule has 1 amide bonds. The molecule has 0 spiro atoms. The Labute approximate surface area is 111 Å². The summed E-state index contributed by atoms with van der Waals surface area (Å²) in [6, 6.07) is 5.76. The number of amides is 1. The summed E-state index contributed by atoms with van der Waals surface area (Å²) in [6.45, 7) is 2.66. The minimum absolute atomic E-state index is 0. The van der Waals surface area contributed by atoms with Crippen molar-refractivity contribution in [3.8, 4) is 0 Å². The topological polar surface area (TPSA) is 41.1 Å². The van der Waals surface area contributed by atoms with E-state index >= 15 is 0 Å². The Morgan fingerprint density at radius 2 is 2.12 bits per heavy atom. The second-order valence-electron chi connectivity index (χ2n) is 3.31. The summed E-state index contributed by atoms with van der Waals surface area (Å²) in [5, 5.41) is 5.82. The fraction of sp³-hybridized carbons (Fsp3) is 0.364. The maximum absolute atomic E-state index is 11.5. The van der Waals surface area contributed by atoms with E-state index in [0.29, 0.717) is 13.0 Å². The molecule has 0 saturated carbocycles. The lowest BCUT2D eigenvalue weighted by Gasteiger charge is -2.09. The van der Waals surface area contributed by atoms with E-state index in [4.69, 9.17) is 0 Å². The molecule has 1 aromatic carbocycles. The highest BCUT2D eigenvalue weighted by Gasteiger charge is 2.05. The van der Waals surface area contributed by atoms with Crippen LogP contribution in [0, 0.1) is 6.92 Å². The Balaban J connectivity index is 0.00000225. The molecule has 1 aromatic rings. The van der Waals surface area contributed by atoms with Gasteiger partial charge in [0.1, 0.15) is 0 Å². The summed E-state index contributed by atoms with van der Waals surface area (Å²) >= 11 is 3.42. The van der Waals surface area contributed by atoms with Gasteiger partial charge in [0, 0.05) is 23.1 Å². The van der Waals surface area contributed by atoms with E-state index in [1.165, 1.54) is 0 Å². The van der Waals surface area contributed by atoms with Crippen LogP contribution < -0.4 is 10.6 Å². The average molecular weight is 308 g/mol. The molecule has 5 heteroatoms. The molecular formula is C11H16BrClN2O. The minimum Gasteiger partial charge on any atom is -0.326 e. The van der Waals surface area contributed by atoms with E-state index in [-0.39, 0.29) is 18.3 Å². The first kappa shape index (κ1) is 15.4. The van der Waals surface area contributed by atoms with E-state index in [1.807, 2.05) is 32.2 Å². The lowest BCUT2D eigenvalue weighted by molar-refractivity contribution is -0.116. The second kappa shape index (κ2) is 7.65. The Kier molecular flexibility index (Phi) is 7.38. The normalized spacial score (nSPS) is 9.44. The second-order valence-corrected chi connectivity index (χ2v) is 4.17. The van der Waals surface area contributed by atoms with Crippen LogP contribution in [0.2, 0.25) is 0 Å². The molecule has 0 bridgehead atoms. The van der Waals surface area contributed by atoms with Gasteiger partial charge in [0.15, 0.2) is 0 Å². The van der Waals surface area contributed by atoms with Crippen LogP contribution >= 0.6 is 28.3 Å². The van der Waals surface area contributed by atoms with Gasteiger partial charge in [-0.2, -0.15) is 0 Å². The number of carbonyl (C=O) groups excluding carboxylic acids is 1. The standard InChI is InChI=1S/C11H15BrN2O.ClH/c1-8-9(12)4-3-5-10(8)14-11(15)6-7-13-2;/h3-5,13H,6-7H2,1-2H3,(H,14,15);1H. The van der Waals surface area contributed by atoms with E-state index in [1.54, 1.807) is 0 Å². The van der Waals surface area contributed by atoms with Crippen molar-refractivity contribution < 1.29 is 4.79 Å².